The smallest absolute Gasteiger partial charge is 0.320 e. The third kappa shape index (κ3) is 3.70. The summed E-state index contributed by atoms with van der Waals surface area (Å²) in [6, 6.07) is 0. The Kier molecular flexibility index (Phi) is 5.57. The number of rotatable bonds is 3. The zero-order valence-electron chi connectivity index (χ0n) is 19.7. The number of carbonyl (C=O) groups excluding carboxylic acids is 2. The van der Waals surface area contributed by atoms with Crippen LogP contribution < -0.4 is 0 Å². The number of carbonyl (C=O) groups is 2. The van der Waals surface area contributed by atoms with Crippen molar-refractivity contribution >= 4 is 11.8 Å². The van der Waals surface area contributed by atoms with Crippen LogP contribution in [0, 0.1) is 28.6 Å². The van der Waals surface area contributed by atoms with Crippen LogP contribution in [0.15, 0.2) is 11.6 Å². The summed E-state index contributed by atoms with van der Waals surface area (Å²) in [5, 5.41) is 0. The van der Waals surface area contributed by atoms with Gasteiger partial charge >= 0.3 is 5.97 Å². The van der Waals surface area contributed by atoms with Crippen molar-refractivity contribution in [3.05, 3.63) is 11.6 Å². The molecule has 5 heteroatoms. The number of allylic oxidation sites excluding steroid dienone is 1. The van der Waals surface area contributed by atoms with Crippen molar-refractivity contribution in [3.8, 4) is 0 Å². The zero-order valence-corrected chi connectivity index (χ0v) is 19.7. The van der Waals surface area contributed by atoms with Crippen molar-refractivity contribution in [2.45, 2.75) is 71.3 Å². The lowest BCUT2D eigenvalue weighted by molar-refractivity contribution is -0.161. The van der Waals surface area contributed by atoms with Gasteiger partial charge in [-0.25, -0.2) is 0 Å². The number of esters is 1. The Hall–Kier alpha value is -1.20. The largest absolute Gasteiger partial charge is 0.461 e. The summed E-state index contributed by atoms with van der Waals surface area (Å²) in [4.78, 5) is 29.4. The van der Waals surface area contributed by atoms with Gasteiger partial charge in [-0.2, -0.15) is 0 Å². The molecule has 1 saturated heterocycles. The van der Waals surface area contributed by atoms with Crippen molar-refractivity contribution in [2.75, 3.05) is 39.8 Å². The van der Waals surface area contributed by atoms with E-state index in [1.165, 1.54) is 24.8 Å². The average Bonchev–Trinajstić information content (AvgIpc) is 3.06. The topological polar surface area (TPSA) is 49.9 Å². The summed E-state index contributed by atoms with van der Waals surface area (Å²) in [5.41, 5.74) is 1.77. The van der Waals surface area contributed by atoms with Gasteiger partial charge in [0, 0.05) is 38.0 Å². The molecule has 5 aliphatic rings. The van der Waals surface area contributed by atoms with Crippen molar-refractivity contribution in [1.29, 1.82) is 0 Å². The predicted octanol–water partition coefficient (Wildman–Crippen LogP) is 3.68. The van der Waals surface area contributed by atoms with Gasteiger partial charge in [0.2, 0.25) is 0 Å². The Morgan fingerprint density at radius 2 is 1.81 bits per heavy atom. The summed E-state index contributed by atoms with van der Waals surface area (Å²) in [6.07, 6.45) is 10.7. The van der Waals surface area contributed by atoms with Crippen LogP contribution in [-0.4, -0.2) is 67.4 Å². The molecule has 0 N–H and O–H groups in total. The summed E-state index contributed by atoms with van der Waals surface area (Å²) < 4.78 is 6.19. The zero-order chi connectivity index (χ0) is 21.8. The van der Waals surface area contributed by atoms with E-state index in [1.807, 2.05) is 6.08 Å². The number of piperazine rings is 1. The fourth-order valence-electron chi connectivity index (χ4n) is 8.09. The van der Waals surface area contributed by atoms with Crippen LogP contribution >= 0.6 is 0 Å². The second-order valence-electron chi connectivity index (χ2n) is 11.6. The highest BCUT2D eigenvalue weighted by Crippen LogP contribution is 2.65. The second kappa shape index (κ2) is 7.98. The van der Waals surface area contributed by atoms with E-state index in [9.17, 15) is 9.59 Å². The molecule has 0 radical (unpaired) electrons. The molecule has 4 fully saturated rings. The first-order valence-electron chi connectivity index (χ1n) is 12.6. The molecular formula is C26H40N2O3. The number of likely N-dealkylation sites (N-methyl/N-ethyl adjacent to an activating group) is 1. The molecular weight excluding hydrogens is 388 g/mol. The van der Waals surface area contributed by atoms with Crippen molar-refractivity contribution in [1.82, 2.24) is 9.80 Å². The first-order chi connectivity index (χ1) is 14.8. The second-order valence-corrected chi connectivity index (χ2v) is 11.6. The number of ether oxygens (including phenoxy) is 1. The molecule has 5 rings (SSSR count). The predicted molar refractivity (Wildman–Crippen MR) is 121 cm³/mol. The summed E-state index contributed by atoms with van der Waals surface area (Å²) >= 11 is 0. The highest BCUT2D eigenvalue weighted by molar-refractivity contribution is 5.91. The van der Waals surface area contributed by atoms with Gasteiger partial charge in [0.05, 0.1) is 6.54 Å². The average molecular weight is 429 g/mol. The number of ketones is 1. The first kappa shape index (κ1) is 21.6. The Morgan fingerprint density at radius 1 is 1.03 bits per heavy atom. The molecule has 0 aromatic heterocycles. The Morgan fingerprint density at radius 3 is 2.58 bits per heavy atom. The molecule has 6 unspecified atom stereocenters. The fraction of sp³-hybridized carbons (Fsp3) is 0.846. The Labute approximate surface area is 187 Å². The van der Waals surface area contributed by atoms with Crippen LogP contribution in [-0.2, 0) is 14.3 Å². The van der Waals surface area contributed by atoms with E-state index in [0.29, 0.717) is 24.2 Å². The maximum Gasteiger partial charge on any atom is 0.320 e. The van der Waals surface area contributed by atoms with Crippen LogP contribution in [0.5, 0.6) is 0 Å². The Bertz CT molecular complexity index is 771. The van der Waals surface area contributed by atoms with Crippen LogP contribution in [0.2, 0.25) is 0 Å². The van der Waals surface area contributed by atoms with Gasteiger partial charge in [-0.1, -0.05) is 19.4 Å². The molecule has 3 saturated carbocycles. The molecule has 172 valence electrons. The molecule has 0 amide bonds. The monoisotopic (exact) mass is 428 g/mol. The highest BCUT2D eigenvalue weighted by Gasteiger charge is 2.60. The van der Waals surface area contributed by atoms with Crippen LogP contribution in [0.4, 0.5) is 0 Å². The molecule has 5 nitrogen and oxygen atoms in total. The van der Waals surface area contributed by atoms with Gasteiger partial charge in [0.15, 0.2) is 5.78 Å². The SMILES string of the molecule is CN1CCN(CC(=O)OC2CCC3C4CCC5=CC(=O)CCC5(C)C4CCC23C)CC1. The molecule has 0 spiro atoms. The maximum atomic E-state index is 12.8. The number of fused-ring (bicyclic) bond motifs is 5. The van der Waals surface area contributed by atoms with Gasteiger partial charge in [-0.05, 0) is 81.2 Å². The van der Waals surface area contributed by atoms with E-state index >= 15 is 0 Å². The minimum absolute atomic E-state index is 0.0230. The van der Waals surface area contributed by atoms with E-state index < -0.39 is 0 Å². The van der Waals surface area contributed by atoms with Gasteiger partial charge < -0.3 is 9.64 Å². The van der Waals surface area contributed by atoms with Crippen molar-refractivity contribution in [3.63, 3.8) is 0 Å². The molecule has 0 aromatic carbocycles. The lowest BCUT2D eigenvalue weighted by Gasteiger charge is -2.57. The first-order valence-corrected chi connectivity index (χ1v) is 12.6. The van der Waals surface area contributed by atoms with Gasteiger partial charge in [0.1, 0.15) is 6.10 Å². The molecule has 1 heterocycles. The van der Waals surface area contributed by atoms with Crippen LogP contribution in [0.1, 0.15) is 65.2 Å². The fourth-order valence-corrected chi connectivity index (χ4v) is 8.09. The van der Waals surface area contributed by atoms with E-state index in [-0.39, 0.29) is 22.9 Å². The van der Waals surface area contributed by atoms with E-state index in [4.69, 9.17) is 4.74 Å². The van der Waals surface area contributed by atoms with Gasteiger partial charge in [-0.3, -0.25) is 14.5 Å². The molecule has 1 aliphatic heterocycles. The maximum absolute atomic E-state index is 12.8. The normalized spacial score (nSPS) is 43.6. The third-order valence-corrected chi connectivity index (χ3v) is 10.1. The Balaban J connectivity index is 1.25. The lowest BCUT2D eigenvalue weighted by atomic mass is 9.47. The quantitative estimate of drug-likeness (QED) is 0.642. The van der Waals surface area contributed by atoms with Crippen LogP contribution in [0.25, 0.3) is 0 Å². The summed E-state index contributed by atoms with van der Waals surface area (Å²) in [7, 11) is 2.14. The van der Waals surface area contributed by atoms with E-state index in [0.717, 1.165) is 64.2 Å². The number of hydrogen-bond acceptors (Lipinski definition) is 5. The molecule has 4 aliphatic carbocycles. The molecule has 0 bridgehead atoms. The summed E-state index contributed by atoms with van der Waals surface area (Å²) in [5.74, 6) is 2.38. The third-order valence-electron chi connectivity index (χ3n) is 10.1. The summed E-state index contributed by atoms with van der Waals surface area (Å²) in [6.45, 7) is 9.26. The minimum atomic E-state index is -0.0230. The molecule has 0 aromatic rings. The van der Waals surface area contributed by atoms with Crippen molar-refractivity contribution < 1.29 is 14.3 Å². The van der Waals surface area contributed by atoms with Crippen LogP contribution in [0.3, 0.4) is 0 Å². The highest BCUT2D eigenvalue weighted by atomic mass is 16.5. The van der Waals surface area contributed by atoms with E-state index in [1.54, 1.807) is 0 Å². The van der Waals surface area contributed by atoms with E-state index in [2.05, 4.69) is 30.7 Å². The molecule has 31 heavy (non-hydrogen) atoms. The number of hydrogen-bond donors (Lipinski definition) is 0. The van der Waals surface area contributed by atoms with Gasteiger partial charge in [-0.15, -0.1) is 0 Å². The minimum Gasteiger partial charge on any atom is -0.461 e. The standard InChI is InChI=1S/C26H40N2O3/c1-25-10-8-19(29)16-18(25)4-5-20-21-6-7-23(26(21,2)11-9-22(20)25)31-24(30)17-28-14-12-27(3)13-15-28/h16,20-23H,4-15,17H2,1-3H3. The molecule has 6 atom stereocenters. The number of nitrogens with zero attached hydrogens (tertiary/aromatic N) is 2. The lowest BCUT2D eigenvalue weighted by Crippen LogP contribution is -2.52. The van der Waals surface area contributed by atoms with Gasteiger partial charge in [0.25, 0.3) is 0 Å². The van der Waals surface area contributed by atoms with Crippen molar-refractivity contribution in [2.24, 2.45) is 28.6 Å².